The Morgan fingerprint density at radius 2 is 2.06 bits per heavy atom. The Hall–Kier alpha value is -0.720. The predicted octanol–water partition coefficient (Wildman–Crippen LogP) is 0.137. The highest BCUT2D eigenvalue weighted by Gasteiger charge is 2.06. The van der Waals surface area contributed by atoms with Crippen LogP contribution >= 0.6 is 12.2 Å². The third-order valence-corrected chi connectivity index (χ3v) is 2.65. The maximum Gasteiger partial charge on any atom is 0.219 e. The van der Waals surface area contributed by atoms with Gasteiger partial charge in [0.05, 0.1) is 11.6 Å². The van der Waals surface area contributed by atoms with E-state index in [4.69, 9.17) is 22.7 Å². The van der Waals surface area contributed by atoms with Crippen LogP contribution < -0.4 is 11.1 Å². The van der Waals surface area contributed by atoms with Crippen molar-refractivity contribution >= 4 is 23.1 Å². The molecule has 0 spiro atoms. The smallest absolute Gasteiger partial charge is 0.219 e. The second-order valence-corrected chi connectivity index (χ2v) is 4.35. The Balaban J connectivity index is 3.83. The van der Waals surface area contributed by atoms with Gasteiger partial charge in [-0.25, -0.2) is 0 Å². The summed E-state index contributed by atoms with van der Waals surface area (Å²) in [6.07, 6.45) is 2.09. The summed E-state index contributed by atoms with van der Waals surface area (Å²) in [6, 6.07) is 0. The van der Waals surface area contributed by atoms with Crippen LogP contribution in [0.2, 0.25) is 0 Å². The summed E-state index contributed by atoms with van der Waals surface area (Å²) in [5, 5.41) is 2.61. The standard InChI is InChI=1S/C11H23N3O2S/c1-13-11(15)4-3-6-14(8-9-16-2)7-5-10(12)17/h3-9H2,1-2H3,(H2,12,17)(H,13,15). The van der Waals surface area contributed by atoms with Gasteiger partial charge in [-0.15, -0.1) is 0 Å². The molecular weight excluding hydrogens is 238 g/mol. The topological polar surface area (TPSA) is 67.6 Å². The average molecular weight is 261 g/mol. The molecule has 0 aliphatic carbocycles. The molecule has 1 amide bonds. The zero-order chi connectivity index (χ0) is 13.1. The first-order valence-electron chi connectivity index (χ1n) is 5.80. The first-order valence-corrected chi connectivity index (χ1v) is 6.21. The molecule has 0 aromatic heterocycles. The number of nitrogens with two attached hydrogens (primary N) is 1. The van der Waals surface area contributed by atoms with Crippen molar-refractivity contribution in [2.45, 2.75) is 19.3 Å². The third-order valence-electron chi connectivity index (χ3n) is 2.44. The van der Waals surface area contributed by atoms with E-state index in [1.807, 2.05) is 0 Å². The number of hydrogen-bond donors (Lipinski definition) is 2. The van der Waals surface area contributed by atoms with Crippen LogP contribution in [0, 0.1) is 0 Å². The number of methoxy groups -OCH3 is 1. The first-order chi connectivity index (χ1) is 8.10. The Kier molecular flexibility index (Phi) is 9.99. The van der Waals surface area contributed by atoms with Crippen molar-refractivity contribution in [3.8, 4) is 0 Å². The Morgan fingerprint density at radius 1 is 1.35 bits per heavy atom. The Morgan fingerprint density at radius 3 is 2.59 bits per heavy atom. The van der Waals surface area contributed by atoms with Crippen molar-refractivity contribution in [2.24, 2.45) is 5.73 Å². The van der Waals surface area contributed by atoms with E-state index in [9.17, 15) is 4.79 Å². The molecule has 0 fully saturated rings. The van der Waals surface area contributed by atoms with E-state index in [0.29, 0.717) is 24.4 Å². The van der Waals surface area contributed by atoms with E-state index < -0.39 is 0 Å². The minimum atomic E-state index is 0.0750. The van der Waals surface area contributed by atoms with Crippen LogP contribution in [0.25, 0.3) is 0 Å². The second kappa shape index (κ2) is 10.4. The van der Waals surface area contributed by atoms with Gasteiger partial charge in [0.15, 0.2) is 0 Å². The number of amides is 1. The Bertz CT molecular complexity index is 237. The van der Waals surface area contributed by atoms with E-state index >= 15 is 0 Å². The van der Waals surface area contributed by atoms with Gasteiger partial charge in [0.1, 0.15) is 0 Å². The van der Waals surface area contributed by atoms with E-state index in [0.717, 1.165) is 26.1 Å². The molecule has 0 unspecified atom stereocenters. The van der Waals surface area contributed by atoms with Crippen molar-refractivity contribution in [2.75, 3.05) is 40.4 Å². The van der Waals surface area contributed by atoms with Gasteiger partial charge < -0.3 is 20.7 Å². The van der Waals surface area contributed by atoms with Crippen LogP contribution in [0.4, 0.5) is 0 Å². The minimum Gasteiger partial charge on any atom is -0.393 e. The molecule has 0 aliphatic heterocycles. The van der Waals surface area contributed by atoms with Crippen LogP contribution in [-0.2, 0) is 9.53 Å². The lowest BCUT2D eigenvalue weighted by Gasteiger charge is -2.21. The number of rotatable bonds is 10. The monoisotopic (exact) mass is 261 g/mol. The molecule has 5 nitrogen and oxygen atoms in total. The molecule has 17 heavy (non-hydrogen) atoms. The predicted molar refractivity (Wildman–Crippen MR) is 73.0 cm³/mol. The molecule has 3 N–H and O–H groups in total. The summed E-state index contributed by atoms with van der Waals surface area (Å²) < 4.78 is 5.04. The molecule has 0 radical (unpaired) electrons. The van der Waals surface area contributed by atoms with Crippen LogP contribution in [0.3, 0.4) is 0 Å². The van der Waals surface area contributed by atoms with Gasteiger partial charge in [-0.2, -0.15) is 0 Å². The van der Waals surface area contributed by atoms with Crippen molar-refractivity contribution in [3.05, 3.63) is 0 Å². The molecular formula is C11H23N3O2S. The molecule has 0 heterocycles. The van der Waals surface area contributed by atoms with E-state index in [1.54, 1.807) is 14.2 Å². The molecule has 0 saturated carbocycles. The molecule has 0 aromatic rings. The third kappa shape index (κ3) is 10.2. The van der Waals surface area contributed by atoms with Gasteiger partial charge >= 0.3 is 0 Å². The van der Waals surface area contributed by atoms with Gasteiger partial charge in [0, 0.05) is 40.1 Å². The van der Waals surface area contributed by atoms with E-state index in [2.05, 4.69) is 10.2 Å². The first kappa shape index (κ1) is 16.3. The number of ether oxygens (including phenoxy) is 1. The lowest BCUT2D eigenvalue weighted by molar-refractivity contribution is -0.120. The molecule has 0 aliphatic rings. The molecule has 100 valence electrons. The molecule has 0 rings (SSSR count). The zero-order valence-electron chi connectivity index (χ0n) is 10.7. The molecule has 0 saturated heterocycles. The highest BCUT2D eigenvalue weighted by molar-refractivity contribution is 7.80. The SMILES string of the molecule is CNC(=O)CCCN(CCOC)CCC(N)=S. The number of carbonyl (C=O) groups is 1. The van der Waals surface area contributed by atoms with Gasteiger partial charge in [-0.3, -0.25) is 4.79 Å². The fourth-order valence-electron chi connectivity index (χ4n) is 1.41. The van der Waals surface area contributed by atoms with Crippen molar-refractivity contribution < 1.29 is 9.53 Å². The highest BCUT2D eigenvalue weighted by atomic mass is 32.1. The summed E-state index contributed by atoms with van der Waals surface area (Å²) in [5.74, 6) is 0.0750. The van der Waals surface area contributed by atoms with Crippen LogP contribution in [-0.4, -0.2) is 56.2 Å². The van der Waals surface area contributed by atoms with E-state index in [-0.39, 0.29) is 5.91 Å². The number of hydrogen-bond acceptors (Lipinski definition) is 4. The summed E-state index contributed by atoms with van der Waals surface area (Å²) in [6.45, 7) is 3.20. The van der Waals surface area contributed by atoms with Crippen LogP contribution in [0.15, 0.2) is 0 Å². The lowest BCUT2D eigenvalue weighted by atomic mass is 10.2. The zero-order valence-corrected chi connectivity index (χ0v) is 11.5. The van der Waals surface area contributed by atoms with Gasteiger partial charge in [0.25, 0.3) is 0 Å². The maximum atomic E-state index is 11.1. The Labute approximate surface area is 109 Å². The van der Waals surface area contributed by atoms with Crippen molar-refractivity contribution in [1.82, 2.24) is 10.2 Å². The van der Waals surface area contributed by atoms with Gasteiger partial charge in [0.2, 0.25) is 5.91 Å². The maximum absolute atomic E-state index is 11.1. The normalized spacial score (nSPS) is 10.5. The molecule has 0 bridgehead atoms. The number of thiocarbonyl (C=S) groups is 1. The largest absolute Gasteiger partial charge is 0.393 e. The average Bonchev–Trinajstić information content (AvgIpc) is 2.31. The van der Waals surface area contributed by atoms with Crippen LogP contribution in [0.1, 0.15) is 19.3 Å². The van der Waals surface area contributed by atoms with Crippen molar-refractivity contribution in [1.29, 1.82) is 0 Å². The van der Waals surface area contributed by atoms with Crippen molar-refractivity contribution in [3.63, 3.8) is 0 Å². The summed E-state index contributed by atoms with van der Waals surface area (Å²) >= 11 is 4.86. The molecule has 0 aromatic carbocycles. The number of nitrogens with one attached hydrogen (secondary N) is 1. The number of nitrogens with zero attached hydrogens (tertiary/aromatic N) is 1. The fraction of sp³-hybridized carbons (Fsp3) is 0.818. The summed E-state index contributed by atoms with van der Waals surface area (Å²) in [5.41, 5.74) is 5.48. The fourth-order valence-corrected chi connectivity index (χ4v) is 1.50. The van der Waals surface area contributed by atoms with Gasteiger partial charge in [-0.05, 0) is 13.0 Å². The quantitative estimate of drug-likeness (QED) is 0.547. The molecule has 0 atom stereocenters. The van der Waals surface area contributed by atoms with Gasteiger partial charge in [-0.1, -0.05) is 12.2 Å². The molecule has 6 heteroatoms. The lowest BCUT2D eigenvalue weighted by Crippen LogP contribution is -2.32. The van der Waals surface area contributed by atoms with E-state index in [1.165, 1.54) is 0 Å². The minimum absolute atomic E-state index is 0.0750. The summed E-state index contributed by atoms with van der Waals surface area (Å²) in [4.78, 5) is 13.8. The number of carbonyl (C=O) groups excluding carboxylic acids is 1. The second-order valence-electron chi connectivity index (χ2n) is 3.83. The highest BCUT2D eigenvalue weighted by Crippen LogP contribution is 1.98. The van der Waals surface area contributed by atoms with Crippen LogP contribution in [0.5, 0.6) is 0 Å². The summed E-state index contributed by atoms with van der Waals surface area (Å²) in [7, 11) is 3.33.